The number of piperidine rings is 1. The number of anilines is 1. The molecule has 32 heavy (non-hydrogen) atoms. The lowest BCUT2D eigenvalue weighted by atomic mass is 9.72. The third-order valence-corrected chi connectivity index (χ3v) is 6.83. The topological polar surface area (TPSA) is 88.2 Å². The zero-order valence-electron chi connectivity index (χ0n) is 17.9. The fourth-order valence-electron chi connectivity index (χ4n) is 4.09. The minimum absolute atomic E-state index is 0.138. The molecule has 3 aromatic rings. The van der Waals surface area contributed by atoms with E-state index >= 15 is 0 Å². The van der Waals surface area contributed by atoms with Crippen molar-refractivity contribution in [1.29, 1.82) is 0 Å². The Balaban J connectivity index is 1.37. The van der Waals surface area contributed by atoms with Gasteiger partial charge in [-0.05, 0) is 36.1 Å². The van der Waals surface area contributed by atoms with Crippen LogP contribution in [0.25, 0.3) is 0 Å². The Morgan fingerprint density at radius 3 is 2.56 bits per heavy atom. The second-order valence-corrected chi connectivity index (χ2v) is 8.95. The Morgan fingerprint density at radius 2 is 1.88 bits per heavy atom. The van der Waals surface area contributed by atoms with Gasteiger partial charge in [0.25, 0.3) is 0 Å². The maximum atomic E-state index is 12.5. The number of hydrogen-bond donors (Lipinski definition) is 2. The SMILES string of the molecule is CCC1(c2ccc(NC(=O)Cc3csc(Cc4ccccc4)n3)cc2)CCC(=O)NC1=O. The summed E-state index contributed by atoms with van der Waals surface area (Å²) in [5.74, 6) is -0.611. The summed E-state index contributed by atoms with van der Waals surface area (Å²) in [5, 5.41) is 8.27. The molecule has 3 amide bonds. The van der Waals surface area contributed by atoms with E-state index in [1.54, 1.807) is 23.5 Å². The molecule has 1 atom stereocenters. The van der Waals surface area contributed by atoms with Gasteiger partial charge in [-0.15, -0.1) is 11.3 Å². The molecular weight excluding hydrogens is 422 g/mol. The van der Waals surface area contributed by atoms with Gasteiger partial charge in [0, 0.05) is 23.9 Å². The number of carbonyl (C=O) groups excluding carboxylic acids is 3. The summed E-state index contributed by atoms with van der Waals surface area (Å²) >= 11 is 1.56. The number of aromatic nitrogens is 1. The Kier molecular flexibility index (Phi) is 6.46. The van der Waals surface area contributed by atoms with Gasteiger partial charge in [-0.1, -0.05) is 49.4 Å². The van der Waals surface area contributed by atoms with Crippen LogP contribution in [0.15, 0.2) is 60.0 Å². The first-order valence-electron chi connectivity index (χ1n) is 10.7. The van der Waals surface area contributed by atoms with Gasteiger partial charge in [0.1, 0.15) is 0 Å². The normalized spacial score (nSPS) is 18.3. The van der Waals surface area contributed by atoms with Gasteiger partial charge in [-0.2, -0.15) is 0 Å². The molecule has 6 nitrogen and oxygen atoms in total. The number of thiazole rings is 1. The monoisotopic (exact) mass is 447 g/mol. The minimum atomic E-state index is -0.702. The number of hydrogen-bond acceptors (Lipinski definition) is 5. The highest BCUT2D eigenvalue weighted by Gasteiger charge is 2.42. The van der Waals surface area contributed by atoms with Crippen LogP contribution in [0.1, 0.15) is 48.0 Å². The number of benzene rings is 2. The molecule has 1 saturated heterocycles. The van der Waals surface area contributed by atoms with Gasteiger partial charge in [0.15, 0.2) is 0 Å². The summed E-state index contributed by atoms with van der Waals surface area (Å²) < 4.78 is 0. The largest absolute Gasteiger partial charge is 0.326 e. The highest BCUT2D eigenvalue weighted by atomic mass is 32.1. The van der Waals surface area contributed by atoms with Crippen molar-refractivity contribution in [3.05, 3.63) is 81.8 Å². The molecule has 1 aliphatic rings. The third kappa shape index (κ3) is 4.78. The molecule has 1 aromatic heterocycles. The zero-order chi connectivity index (χ0) is 22.6. The van der Waals surface area contributed by atoms with Crippen molar-refractivity contribution < 1.29 is 14.4 Å². The molecule has 0 aliphatic carbocycles. The quantitative estimate of drug-likeness (QED) is 0.536. The molecule has 1 unspecified atom stereocenters. The molecule has 0 radical (unpaired) electrons. The lowest BCUT2D eigenvalue weighted by molar-refractivity contribution is -0.138. The van der Waals surface area contributed by atoms with Gasteiger partial charge in [0.05, 0.1) is 22.5 Å². The fourth-order valence-corrected chi connectivity index (χ4v) is 4.92. The smallest absolute Gasteiger partial charge is 0.237 e. The summed E-state index contributed by atoms with van der Waals surface area (Å²) in [6.45, 7) is 1.95. The number of nitrogens with one attached hydrogen (secondary N) is 2. The maximum Gasteiger partial charge on any atom is 0.237 e. The second kappa shape index (κ2) is 9.44. The van der Waals surface area contributed by atoms with E-state index in [4.69, 9.17) is 0 Å². The lowest BCUT2D eigenvalue weighted by Crippen LogP contribution is -2.51. The van der Waals surface area contributed by atoms with Gasteiger partial charge in [-0.25, -0.2) is 4.98 Å². The van der Waals surface area contributed by atoms with Crippen molar-refractivity contribution in [2.75, 3.05) is 5.32 Å². The molecule has 4 rings (SSSR count). The van der Waals surface area contributed by atoms with Gasteiger partial charge >= 0.3 is 0 Å². The Bertz CT molecular complexity index is 1120. The van der Waals surface area contributed by atoms with Crippen LogP contribution in [0.2, 0.25) is 0 Å². The average Bonchev–Trinajstić information content (AvgIpc) is 3.22. The maximum absolute atomic E-state index is 12.5. The van der Waals surface area contributed by atoms with Crippen molar-refractivity contribution in [3.8, 4) is 0 Å². The Morgan fingerprint density at radius 1 is 1.12 bits per heavy atom. The average molecular weight is 448 g/mol. The number of carbonyl (C=O) groups is 3. The number of rotatable bonds is 7. The van der Waals surface area contributed by atoms with Crippen LogP contribution in [0.3, 0.4) is 0 Å². The van der Waals surface area contributed by atoms with Crippen LogP contribution in [-0.2, 0) is 32.6 Å². The molecule has 1 aliphatic heterocycles. The van der Waals surface area contributed by atoms with Crippen molar-refractivity contribution in [2.24, 2.45) is 0 Å². The predicted molar refractivity (Wildman–Crippen MR) is 124 cm³/mol. The van der Waals surface area contributed by atoms with Gasteiger partial charge < -0.3 is 5.32 Å². The molecule has 1 fully saturated rings. The fraction of sp³-hybridized carbons (Fsp3) is 0.280. The van der Waals surface area contributed by atoms with E-state index in [0.717, 1.165) is 22.7 Å². The van der Waals surface area contributed by atoms with Crippen LogP contribution in [0, 0.1) is 0 Å². The molecule has 164 valence electrons. The summed E-state index contributed by atoms with van der Waals surface area (Å²) in [6.07, 6.45) is 2.39. The first-order chi connectivity index (χ1) is 15.5. The van der Waals surface area contributed by atoms with E-state index in [1.165, 1.54) is 5.56 Å². The Labute approximate surface area is 191 Å². The van der Waals surface area contributed by atoms with Crippen molar-refractivity contribution in [1.82, 2.24) is 10.3 Å². The first-order valence-corrected chi connectivity index (χ1v) is 11.6. The molecule has 2 N–H and O–H groups in total. The Hall–Kier alpha value is -3.32. The van der Waals surface area contributed by atoms with Crippen LogP contribution >= 0.6 is 11.3 Å². The van der Waals surface area contributed by atoms with Crippen LogP contribution in [0.5, 0.6) is 0 Å². The highest BCUT2D eigenvalue weighted by molar-refractivity contribution is 7.09. The van der Waals surface area contributed by atoms with E-state index < -0.39 is 5.41 Å². The van der Waals surface area contributed by atoms with Gasteiger partial charge in [0.2, 0.25) is 17.7 Å². The predicted octanol–water partition coefficient (Wildman–Crippen LogP) is 4.00. The number of imide groups is 1. The highest BCUT2D eigenvalue weighted by Crippen LogP contribution is 2.36. The lowest BCUT2D eigenvalue weighted by Gasteiger charge is -2.35. The molecule has 0 bridgehead atoms. The van der Waals surface area contributed by atoms with Crippen LogP contribution < -0.4 is 10.6 Å². The zero-order valence-corrected chi connectivity index (χ0v) is 18.7. The van der Waals surface area contributed by atoms with Crippen LogP contribution in [-0.4, -0.2) is 22.7 Å². The molecule has 0 saturated carbocycles. The number of amides is 3. The van der Waals surface area contributed by atoms with Crippen molar-refractivity contribution in [2.45, 2.75) is 44.4 Å². The second-order valence-electron chi connectivity index (χ2n) is 8.01. The molecular formula is C25H25N3O3S. The van der Waals surface area contributed by atoms with E-state index in [-0.39, 0.29) is 24.1 Å². The standard InChI is InChI=1S/C25H25N3O3S/c1-2-25(13-12-21(29)28-24(25)31)18-8-10-19(11-9-18)26-22(30)15-20-16-32-23(27-20)14-17-6-4-3-5-7-17/h3-11,16H,2,12-15H2,1H3,(H,26,30)(H,28,29,31). The first kappa shape index (κ1) is 21.9. The summed E-state index contributed by atoms with van der Waals surface area (Å²) in [6, 6.07) is 17.4. The van der Waals surface area contributed by atoms with Crippen LogP contribution in [0.4, 0.5) is 5.69 Å². The molecule has 7 heteroatoms. The van der Waals surface area contributed by atoms with E-state index in [9.17, 15) is 14.4 Å². The molecule has 2 heterocycles. The summed E-state index contributed by atoms with van der Waals surface area (Å²) in [7, 11) is 0. The van der Waals surface area contributed by atoms with Crippen molar-refractivity contribution in [3.63, 3.8) is 0 Å². The summed E-state index contributed by atoms with van der Waals surface area (Å²) in [5.41, 5.74) is 2.76. The third-order valence-electron chi connectivity index (χ3n) is 5.93. The number of nitrogens with zero attached hydrogens (tertiary/aromatic N) is 1. The molecule has 0 spiro atoms. The minimum Gasteiger partial charge on any atom is -0.326 e. The summed E-state index contributed by atoms with van der Waals surface area (Å²) in [4.78, 5) is 41.2. The van der Waals surface area contributed by atoms with E-state index in [2.05, 4.69) is 27.8 Å². The van der Waals surface area contributed by atoms with E-state index in [1.807, 2.05) is 42.6 Å². The van der Waals surface area contributed by atoms with Gasteiger partial charge in [-0.3, -0.25) is 19.7 Å². The molecule has 2 aromatic carbocycles. The van der Waals surface area contributed by atoms with Crippen molar-refractivity contribution >= 4 is 34.7 Å². The van der Waals surface area contributed by atoms with E-state index in [0.29, 0.717) is 24.9 Å².